The molecule has 0 bridgehead atoms. The van der Waals surface area contributed by atoms with Crippen molar-refractivity contribution in [2.24, 2.45) is 0 Å². The number of hydrogen-bond acceptors (Lipinski definition) is 1. The first-order valence-electron chi connectivity index (χ1n) is 13.0. The van der Waals surface area contributed by atoms with Gasteiger partial charge in [-0.3, -0.25) is 0 Å². The maximum absolute atomic E-state index is 14.4. The van der Waals surface area contributed by atoms with Crippen LogP contribution in [0.25, 0.3) is 0 Å². The average Bonchev–Trinajstić information content (AvgIpc) is 3.58. The van der Waals surface area contributed by atoms with Gasteiger partial charge in [0.05, 0.1) is 6.33 Å². The molecule has 0 saturated carbocycles. The first kappa shape index (κ1) is 35.9. The van der Waals surface area contributed by atoms with Gasteiger partial charge in [-0.05, 0) is 30.5 Å². The van der Waals surface area contributed by atoms with E-state index < -0.39 is 110 Å². The Labute approximate surface area is 260 Å². The molecular formula is C30H14BF15N2. The summed E-state index contributed by atoms with van der Waals surface area (Å²) in [5, 5.41) is 0. The first-order chi connectivity index (χ1) is 22.4. The van der Waals surface area contributed by atoms with Gasteiger partial charge >= 0.3 is 0 Å². The van der Waals surface area contributed by atoms with Crippen molar-refractivity contribution in [2.75, 3.05) is 0 Å². The summed E-state index contributed by atoms with van der Waals surface area (Å²) in [6.45, 7) is 1.26. The molecule has 2 nitrogen and oxygen atoms in total. The van der Waals surface area contributed by atoms with Crippen LogP contribution in [0.2, 0.25) is 0 Å². The molecule has 0 aliphatic carbocycles. The SMILES string of the molecule is Cc1cccc(Cn2ccnc2)c1C.Fc1c(F)c(F)c(B(c2c(F)c(F)c(F)c(F)c2F)c2c(F)c(F)c(F)c(F)c2F)c(F)c1F. The predicted octanol–water partition coefficient (Wildman–Crippen LogP) is 6.84. The first-order valence-corrected chi connectivity index (χ1v) is 13.0. The van der Waals surface area contributed by atoms with Gasteiger partial charge in [-0.15, -0.1) is 0 Å². The second kappa shape index (κ2) is 13.7. The highest BCUT2D eigenvalue weighted by Gasteiger charge is 2.45. The van der Waals surface area contributed by atoms with Crippen LogP contribution in [-0.4, -0.2) is 16.3 Å². The highest BCUT2D eigenvalue weighted by atomic mass is 19.2. The quantitative estimate of drug-likeness (QED) is 0.0852. The molecule has 1 aromatic heterocycles. The third-order valence-corrected chi connectivity index (χ3v) is 7.23. The molecule has 0 saturated heterocycles. The molecule has 5 rings (SSSR count). The topological polar surface area (TPSA) is 17.8 Å². The Morgan fingerprint density at radius 2 is 0.833 bits per heavy atom. The fraction of sp³-hybridized carbons (Fsp3) is 0.100. The van der Waals surface area contributed by atoms with Crippen LogP contribution < -0.4 is 16.4 Å². The zero-order valence-corrected chi connectivity index (χ0v) is 23.8. The molecule has 0 amide bonds. The lowest BCUT2D eigenvalue weighted by molar-refractivity contribution is 0.380. The molecule has 0 aliphatic rings. The van der Waals surface area contributed by atoms with Crippen LogP contribution in [0, 0.1) is 101 Å². The maximum Gasteiger partial charge on any atom is 0.265 e. The molecule has 48 heavy (non-hydrogen) atoms. The fourth-order valence-corrected chi connectivity index (χ4v) is 4.62. The van der Waals surface area contributed by atoms with Crippen LogP contribution in [0.1, 0.15) is 16.7 Å². The monoisotopic (exact) mass is 698 g/mol. The van der Waals surface area contributed by atoms with E-state index >= 15 is 0 Å². The van der Waals surface area contributed by atoms with E-state index in [4.69, 9.17) is 0 Å². The van der Waals surface area contributed by atoms with E-state index in [0.29, 0.717) is 0 Å². The summed E-state index contributed by atoms with van der Waals surface area (Å²) in [6.07, 6.45) is 5.65. The largest absolute Gasteiger partial charge is 0.333 e. The number of benzene rings is 4. The normalized spacial score (nSPS) is 11.1. The number of halogens is 15. The van der Waals surface area contributed by atoms with Crippen molar-refractivity contribution in [1.82, 2.24) is 9.55 Å². The van der Waals surface area contributed by atoms with Crippen molar-refractivity contribution >= 4 is 23.1 Å². The highest BCUT2D eigenvalue weighted by Crippen LogP contribution is 2.23. The van der Waals surface area contributed by atoms with Crippen molar-refractivity contribution in [3.8, 4) is 0 Å². The summed E-state index contributed by atoms with van der Waals surface area (Å²) in [6, 6.07) is 6.42. The van der Waals surface area contributed by atoms with E-state index in [1.165, 1.54) is 16.7 Å². The molecule has 0 N–H and O–H groups in total. The zero-order valence-electron chi connectivity index (χ0n) is 23.8. The molecule has 0 spiro atoms. The summed E-state index contributed by atoms with van der Waals surface area (Å²) in [5.74, 6) is -45.2. The zero-order chi connectivity index (χ0) is 35.9. The van der Waals surface area contributed by atoms with Crippen molar-refractivity contribution < 1.29 is 65.9 Å². The summed E-state index contributed by atoms with van der Waals surface area (Å²) in [4.78, 5) is 4.03. The Hall–Kier alpha value is -4.90. The fourth-order valence-electron chi connectivity index (χ4n) is 4.62. The summed E-state index contributed by atoms with van der Waals surface area (Å²) in [5.41, 5.74) is -3.94. The van der Waals surface area contributed by atoms with Gasteiger partial charge in [0.2, 0.25) is 0 Å². The molecule has 0 atom stereocenters. The van der Waals surface area contributed by atoms with Crippen LogP contribution in [0.15, 0.2) is 36.9 Å². The van der Waals surface area contributed by atoms with Crippen molar-refractivity contribution in [2.45, 2.75) is 20.4 Å². The van der Waals surface area contributed by atoms with E-state index in [-0.39, 0.29) is 0 Å². The maximum atomic E-state index is 14.4. The summed E-state index contributed by atoms with van der Waals surface area (Å²) < 4.78 is 211. The van der Waals surface area contributed by atoms with Gasteiger partial charge < -0.3 is 4.57 Å². The number of aryl methyl sites for hydroxylation is 1. The lowest BCUT2D eigenvalue weighted by Gasteiger charge is -2.21. The molecular weight excluding hydrogens is 684 g/mol. The van der Waals surface area contributed by atoms with Crippen LogP contribution in [-0.2, 0) is 6.54 Å². The van der Waals surface area contributed by atoms with Gasteiger partial charge in [0, 0.05) is 35.3 Å². The van der Waals surface area contributed by atoms with Gasteiger partial charge in [0.1, 0.15) is 0 Å². The number of nitrogens with zero attached hydrogens (tertiary/aromatic N) is 2. The molecule has 0 unspecified atom stereocenters. The van der Waals surface area contributed by atoms with E-state index in [0.717, 1.165) is 6.54 Å². The highest BCUT2D eigenvalue weighted by molar-refractivity contribution is 6.95. The van der Waals surface area contributed by atoms with Crippen LogP contribution >= 0.6 is 0 Å². The van der Waals surface area contributed by atoms with Crippen molar-refractivity contribution in [3.05, 3.63) is 141 Å². The summed E-state index contributed by atoms with van der Waals surface area (Å²) in [7, 11) is 0. The molecule has 0 radical (unpaired) electrons. The lowest BCUT2D eigenvalue weighted by Crippen LogP contribution is -2.60. The van der Waals surface area contributed by atoms with Gasteiger partial charge in [-0.25, -0.2) is 70.8 Å². The number of imidazole rings is 1. The molecule has 4 aromatic carbocycles. The minimum atomic E-state index is -3.96. The summed E-state index contributed by atoms with van der Waals surface area (Å²) >= 11 is 0. The van der Waals surface area contributed by atoms with Gasteiger partial charge in [0.25, 0.3) is 6.71 Å². The van der Waals surface area contributed by atoms with Crippen molar-refractivity contribution in [1.29, 1.82) is 0 Å². The smallest absolute Gasteiger partial charge is 0.265 e. The Morgan fingerprint density at radius 1 is 0.500 bits per heavy atom. The molecule has 1 heterocycles. The molecule has 0 fully saturated rings. The Balaban J connectivity index is 0.000000307. The van der Waals surface area contributed by atoms with E-state index in [2.05, 4.69) is 41.6 Å². The van der Waals surface area contributed by atoms with Crippen LogP contribution in [0.4, 0.5) is 65.9 Å². The minimum absolute atomic E-state index is 0.910. The van der Waals surface area contributed by atoms with Crippen molar-refractivity contribution in [3.63, 3.8) is 0 Å². The molecule has 5 aromatic rings. The number of hydrogen-bond donors (Lipinski definition) is 0. The van der Waals surface area contributed by atoms with E-state index in [9.17, 15) is 65.9 Å². The second-order valence-electron chi connectivity index (χ2n) is 9.98. The van der Waals surface area contributed by atoms with Gasteiger partial charge in [0.15, 0.2) is 87.3 Å². The molecule has 252 valence electrons. The second-order valence-corrected chi connectivity index (χ2v) is 9.98. The third kappa shape index (κ3) is 6.10. The Kier molecular flexibility index (Phi) is 10.2. The average molecular weight is 698 g/mol. The number of rotatable bonds is 5. The standard InChI is InChI=1S/C18BF15.C12H14N2/c20-4-1(5(21)11(27)16(32)10(4)26)19(2-6(22)12(28)17(33)13(29)7(2)23)3-8(24)14(30)18(34)15(31)9(3)25;1-10-4-3-5-12(11(10)2)8-14-7-6-13-9-14/h;3-7,9H,8H2,1-2H3. The predicted molar refractivity (Wildman–Crippen MR) is 141 cm³/mol. The van der Waals surface area contributed by atoms with Crippen LogP contribution in [0.3, 0.4) is 0 Å². The molecule has 18 heteroatoms. The minimum Gasteiger partial charge on any atom is -0.333 e. The van der Waals surface area contributed by atoms with Crippen LogP contribution in [0.5, 0.6) is 0 Å². The van der Waals surface area contributed by atoms with E-state index in [1.54, 1.807) is 0 Å². The Bertz CT molecular complexity index is 1800. The lowest BCUT2D eigenvalue weighted by atomic mass is 9.36. The Morgan fingerprint density at radius 3 is 1.15 bits per heavy atom. The number of aromatic nitrogens is 2. The van der Waals surface area contributed by atoms with E-state index in [1.807, 2.05) is 18.7 Å². The molecule has 0 aliphatic heterocycles. The van der Waals surface area contributed by atoms with Gasteiger partial charge in [-0.1, -0.05) is 18.2 Å². The van der Waals surface area contributed by atoms with Gasteiger partial charge in [-0.2, -0.15) is 0 Å². The third-order valence-electron chi connectivity index (χ3n) is 7.23.